The Morgan fingerprint density at radius 3 is 3.06 bits per heavy atom. The number of amides is 1. The third kappa shape index (κ3) is 3.82. The van der Waals surface area contributed by atoms with Crippen molar-refractivity contribution in [3.05, 3.63) is 22.4 Å². The van der Waals surface area contributed by atoms with E-state index in [2.05, 4.69) is 22.1 Å². The molecule has 1 aromatic heterocycles. The third-order valence-electron chi connectivity index (χ3n) is 3.48. The van der Waals surface area contributed by atoms with Gasteiger partial charge >= 0.3 is 0 Å². The smallest absolute Gasteiger partial charge is 0.220 e. The molecule has 2 rings (SSSR count). The molecule has 1 fully saturated rings. The van der Waals surface area contributed by atoms with Crippen LogP contribution in [0.3, 0.4) is 0 Å². The van der Waals surface area contributed by atoms with Crippen LogP contribution in [0.5, 0.6) is 0 Å². The van der Waals surface area contributed by atoms with Crippen LogP contribution < -0.4 is 11.1 Å². The first-order valence-electron chi connectivity index (χ1n) is 6.29. The molecule has 0 aliphatic heterocycles. The summed E-state index contributed by atoms with van der Waals surface area (Å²) in [5, 5.41) is 7.17. The van der Waals surface area contributed by atoms with E-state index in [4.69, 9.17) is 5.73 Å². The molecule has 94 valence electrons. The van der Waals surface area contributed by atoms with E-state index >= 15 is 0 Å². The van der Waals surface area contributed by atoms with Crippen molar-refractivity contribution >= 4 is 17.2 Å². The summed E-state index contributed by atoms with van der Waals surface area (Å²) in [6.45, 7) is 0.734. The Morgan fingerprint density at radius 2 is 2.41 bits per heavy atom. The lowest BCUT2D eigenvalue weighted by Crippen LogP contribution is -2.32. The monoisotopic (exact) mass is 252 g/mol. The molecule has 1 heterocycles. The van der Waals surface area contributed by atoms with Crippen molar-refractivity contribution in [3.8, 4) is 0 Å². The quantitative estimate of drug-likeness (QED) is 0.841. The van der Waals surface area contributed by atoms with Crippen molar-refractivity contribution in [1.82, 2.24) is 5.32 Å². The lowest BCUT2D eigenvalue weighted by atomic mass is 10.00. The van der Waals surface area contributed by atoms with Crippen LogP contribution in [-0.2, 0) is 11.2 Å². The summed E-state index contributed by atoms with van der Waals surface area (Å²) >= 11 is 1.70. The van der Waals surface area contributed by atoms with Gasteiger partial charge in [-0.1, -0.05) is 6.42 Å². The van der Waals surface area contributed by atoms with E-state index in [0.717, 1.165) is 25.8 Å². The van der Waals surface area contributed by atoms with E-state index in [1.807, 2.05) is 0 Å². The number of rotatable bonds is 5. The highest BCUT2D eigenvalue weighted by Crippen LogP contribution is 2.26. The second-order valence-electron chi connectivity index (χ2n) is 4.79. The highest BCUT2D eigenvalue weighted by Gasteiger charge is 2.25. The lowest BCUT2D eigenvalue weighted by molar-refractivity contribution is -0.122. The summed E-state index contributed by atoms with van der Waals surface area (Å²) < 4.78 is 0. The maximum atomic E-state index is 11.7. The lowest BCUT2D eigenvalue weighted by Gasteiger charge is -2.14. The van der Waals surface area contributed by atoms with Gasteiger partial charge in [0, 0.05) is 19.0 Å². The zero-order valence-electron chi connectivity index (χ0n) is 10.0. The van der Waals surface area contributed by atoms with Gasteiger partial charge in [-0.05, 0) is 47.6 Å². The first kappa shape index (κ1) is 12.6. The minimum absolute atomic E-state index is 0.155. The standard InChI is InChI=1S/C13H20N2OS/c14-12-3-1-2-11(12)8-13(16)15-6-4-10-5-7-17-9-10/h5,7,9,11-12H,1-4,6,8,14H2,(H,15,16)/t11-,12+/m0/s1. The number of nitrogens with one attached hydrogen (secondary N) is 1. The number of hydrogen-bond donors (Lipinski definition) is 2. The van der Waals surface area contributed by atoms with Crippen LogP contribution >= 0.6 is 11.3 Å². The Morgan fingerprint density at radius 1 is 1.53 bits per heavy atom. The van der Waals surface area contributed by atoms with Crippen LogP contribution in [0.15, 0.2) is 16.8 Å². The van der Waals surface area contributed by atoms with Crippen LogP contribution in [0.2, 0.25) is 0 Å². The van der Waals surface area contributed by atoms with Crippen molar-refractivity contribution in [2.24, 2.45) is 11.7 Å². The highest BCUT2D eigenvalue weighted by molar-refractivity contribution is 7.07. The van der Waals surface area contributed by atoms with Gasteiger partial charge in [-0.2, -0.15) is 11.3 Å². The molecule has 3 nitrogen and oxygen atoms in total. The molecule has 3 N–H and O–H groups in total. The number of thiophene rings is 1. The van der Waals surface area contributed by atoms with Gasteiger partial charge in [0.05, 0.1) is 0 Å². The van der Waals surface area contributed by atoms with Gasteiger partial charge in [0.25, 0.3) is 0 Å². The van der Waals surface area contributed by atoms with Crippen LogP contribution in [0.1, 0.15) is 31.2 Å². The summed E-state index contributed by atoms with van der Waals surface area (Å²) in [6, 6.07) is 2.33. The zero-order chi connectivity index (χ0) is 12.1. The summed E-state index contributed by atoms with van der Waals surface area (Å²) in [5.74, 6) is 0.554. The average Bonchev–Trinajstić information content (AvgIpc) is 2.92. The molecule has 17 heavy (non-hydrogen) atoms. The van der Waals surface area contributed by atoms with E-state index in [9.17, 15) is 4.79 Å². The van der Waals surface area contributed by atoms with E-state index in [0.29, 0.717) is 12.3 Å². The van der Waals surface area contributed by atoms with Gasteiger partial charge in [-0.15, -0.1) is 0 Å². The van der Waals surface area contributed by atoms with E-state index < -0.39 is 0 Å². The van der Waals surface area contributed by atoms with E-state index in [-0.39, 0.29) is 11.9 Å². The third-order valence-corrected chi connectivity index (χ3v) is 4.21. The number of hydrogen-bond acceptors (Lipinski definition) is 3. The molecule has 1 aliphatic carbocycles. The first-order chi connectivity index (χ1) is 8.25. The number of carbonyl (C=O) groups excluding carboxylic acids is 1. The predicted molar refractivity (Wildman–Crippen MR) is 71.0 cm³/mol. The largest absolute Gasteiger partial charge is 0.356 e. The first-order valence-corrected chi connectivity index (χ1v) is 7.23. The fourth-order valence-electron chi connectivity index (χ4n) is 2.41. The van der Waals surface area contributed by atoms with E-state index in [1.54, 1.807) is 11.3 Å². The van der Waals surface area contributed by atoms with Crippen LogP contribution in [0.4, 0.5) is 0 Å². The maximum Gasteiger partial charge on any atom is 0.220 e. The Hall–Kier alpha value is -0.870. The molecule has 1 saturated carbocycles. The maximum absolute atomic E-state index is 11.7. The highest BCUT2D eigenvalue weighted by atomic mass is 32.1. The minimum Gasteiger partial charge on any atom is -0.356 e. The summed E-state index contributed by atoms with van der Waals surface area (Å²) in [7, 11) is 0. The minimum atomic E-state index is 0.155. The van der Waals surface area contributed by atoms with Gasteiger partial charge < -0.3 is 11.1 Å². The summed E-state index contributed by atoms with van der Waals surface area (Å²) in [4.78, 5) is 11.7. The normalized spacial score (nSPS) is 23.8. The van der Waals surface area contributed by atoms with Gasteiger partial charge in [0.15, 0.2) is 0 Å². The van der Waals surface area contributed by atoms with Crippen molar-refractivity contribution in [1.29, 1.82) is 0 Å². The molecule has 1 amide bonds. The Kier molecular flexibility index (Phi) is 4.57. The second-order valence-corrected chi connectivity index (χ2v) is 5.57. The van der Waals surface area contributed by atoms with Crippen molar-refractivity contribution in [3.63, 3.8) is 0 Å². The number of nitrogens with two attached hydrogens (primary N) is 1. The van der Waals surface area contributed by atoms with Gasteiger partial charge in [0.2, 0.25) is 5.91 Å². The summed E-state index contributed by atoms with van der Waals surface area (Å²) in [6.07, 6.45) is 4.89. The summed E-state index contributed by atoms with van der Waals surface area (Å²) in [5.41, 5.74) is 7.25. The molecule has 0 aromatic carbocycles. The molecular formula is C13H20N2OS. The fraction of sp³-hybridized carbons (Fsp3) is 0.615. The van der Waals surface area contributed by atoms with Crippen molar-refractivity contribution in [2.75, 3.05) is 6.54 Å². The fourth-order valence-corrected chi connectivity index (χ4v) is 3.11. The van der Waals surface area contributed by atoms with Gasteiger partial charge in [-0.3, -0.25) is 4.79 Å². The molecule has 0 saturated heterocycles. The van der Waals surface area contributed by atoms with Gasteiger partial charge in [-0.25, -0.2) is 0 Å². The van der Waals surface area contributed by atoms with Crippen molar-refractivity contribution in [2.45, 2.75) is 38.1 Å². The van der Waals surface area contributed by atoms with Gasteiger partial charge in [0.1, 0.15) is 0 Å². The molecule has 0 spiro atoms. The molecule has 1 aliphatic rings. The Labute approximate surface area is 106 Å². The molecule has 0 bridgehead atoms. The zero-order valence-corrected chi connectivity index (χ0v) is 10.8. The van der Waals surface area contributed by atoms with Crippen LogP contribution in [0.25, 0.3) is 0 Å². The molecule has 1 aromatic rings. The molecule has 0 radical (unpaired) electrons. The molecule has 4 heteroatoms. The SMILES string of the molecule is N[C@@H]1CCC[C@H]1CC(=O)NCCc1ccsc1. The Balaban J connectivity index is 1.64. The predicted octanol–water partition coefficient (Wildman–Crippen LogP) is 1.92. The molecule has 2 atom stereocenters. The average molecular weight is 252 g/mol. The van der Waals surface area contributed by atoms with E-state index in [1.165, 1.54) is 12.0 Å². The van der Waals surface area contributed by atoms with Crippen molar-refractivity contribution < 1.29 is 4.79 Å². The topological polar surface area (TPSA) is 55.1 Å². The second kappa shape index (κ2) is 6.17. The van der Waals surface area contributed by atoms with Crippen LogP contribution in [-0.4, -0.2) is 18.5 Å². The molecule has 0 unspecified atom stereocenters. The van der Waals surface area contributed by atoms with Crippen LogP contribution in [0, 0.1) is 5.92 Å². The molecular weight excluding hydrogens is 232 g/mol. The number of carbonyl (C=O) groups is 1. The Bertz CT molecular complexity index is 350.